The highest BCUT2D eigenvalue weighted by Gasteiger charge is 2.27. The maximum Gasteiger partial charge on any atom is 0.335 e. The van der Waals surface area contributed by atoms with Gasteiger partial charge in [-0.05, 0) is 25.0 Å². The van der Waals surface area contributed by atoms with Crippen LogP contribution in [0.3, 0.4) is 0 Å². The maximum atomic E-state index is 11.7. The molecule has 2 N–H and O–H groups in total. The lowest BCUT2D eigenvalue weighted by molar-refractivity contribution is -0.384. The summed E-state index contributed by atoms with van der Waals surface area (Å²) < 4.78 is 0. The molecule has 1 amide bonds. The van der Waals surface area contributed by atoms with Gasteiger partial charge in [-0.1, -0.05) is 6.42 Å². The number of aromatic carboxylic acids is 1. The summed E-state index contributed by atoms with van der Waals surface area (Å²) in [5, 5.41) is 22.2. The number of amides is 1. The van der Waals surface area contributed by atoms with E-state index in [0.29, 0.717) is 0 Å². The first kappa shape index (κ1) is 13.0. The van der Waals surface area contributed by atoms with E-state index in [0.717, 1.165) is 25.3 Å². The second-order valence-electron chi connectivity index (χ2n) is 4.41. The number of anilines is 1. The summed E-state index contributed by atoms with van der Waals surface area (Å²) >= 11 is 0. The molecule has 1 saturated carbocycles. The molecule has 1 aromatic rings. The highest BCUT2D eigenvalue weighted by molar-refractivity contribution is 5.96. The molecule has 0 saturated heterocycles. The van der Waals surface area contributed by atoms with E-state index < -0.39 is 16.6 Å². The molecule has 0 heterocycles. The SMILES string of the molecule is O=C(O)c1ccc(NC(=O)C2CCC2)c([N+](=O)[O-])c1. The fourth-order valence-corrected chi connectivity index (χ4v) is 1.83. The highest BCUT2D eigenvalue weighted by Crippen LogP contribution is 2.30. The van der Waals surface area contributed by atoms with Crippen LogP contribution in [0.15, 0.2) is 18.2 Å². The molecular weight excluding hydrogens is 252 g/mol. The molecule has 0 spiro atoms. The first-order chi connectivity index (χ1) is 8.99. The van der Waals surface area contributed by atoms with Crippen LogP contribution < -0.4 is 5.32 Å². The van der Waals surface area contributed by atoms with E-state index in [9.17, 15) is 19.7 Å². The Balaban J connectivity index is 2.25. The zero-order valence-corrected chi connectivity index (χ0v) is 9.96. The zero-order chi connectivity index (χ0) is 14.0. The number of nitro benzene ring substituents is 1. The summed E-state index contributed by atoms with van der Waals surface area (Å²) in [6.07, 6.45) is 2.55. The Morgan fingerprint density at radius 3 is 2.53 bits per heavy atom. The van der Waals surface area contributed by atoms with Crippen molar-refractivity contribution in [3.63, 3.8) is 0 Å². The van der Waals surface area contributed by atoms with Crippen molar-refractivity contribution in [2.75, 3.05) is 5.32 Å². The molecule has 1 aliphatic carbocycles. The van der Waals surface area contributed by atoms with Crippen molar-refractivity contribution >= 4 is 23.3 Å². The largest absolute Gasteiger partial charge is 0.478 e. The number of carboxylic acids is 1. The summed E-state index contributed by atoms with van der Waals surface area (Å²) in [7, 11) is 0. The molecule has 0 bridgehead atoms. The van der Waals surface area contributed by atoms with Gasteiger partial charge in [0.2, 0.25) is 5.91 Å². The number of carboxylic acid groups (broad SMARTS) is 1. The van der Waals surface area contributed by atoms with Gasteiger partial charge in [-0.25, -0.2) is 4.79 Å². The lowest BCUT2D eigenvalue weighted by Gasteiger charge is -2.23. The van der Waals surface area contributed by atoms with Crippen LogP contribution >= 0.6 is 0 Å². The third-order valence-corrected chi connectivity index (χ3v) is 3.18. The average Bonchev–Trinajstić information content (AvgIpc) is 2.26. The van der Waals surface area contributed by atoms with Gasteiger partial charge in [-0.3, -0.25) is 14.9 Å². The Bertz CT molecular complexity index is 551. The predicted octanol–water partition coefficient (Wildman–Crippen LogP) is 2.03. The van der Waals surface area contributed by atoms with E-state index in [-0.39, 0.29) is 23.1 Å². The topological polar surface area (TPSA) is 110 Å². The van der Waals surface area contributed by atoms with Gasteiger partial charge in [0.1, 0.15) is 5.69 Å². The van der Waals surface area contributed by atoms with Gasteiger partial charge in [0, 0.05) is 12.0 Å². The van der Waals surface area contributed by atoms with Gasteiger partial charge in [-0.15, -0.1) is 0 Å². The monoisotopic (exact) mass is 264 g/mol. The number of carbonyl (C=O) groups excluding carboxylic acids is 1. The summed E-state index contributed by atoms with van der Waals surface area (Å²) in [4.78, 5) is 32.7. The summed E-state index contributed by atoms with van der Waals surface area (Å²) in [5.41, 5.74) is -0.562. The van der Waals surface area contributed by atoms with E-state index in [1.807, 2.05) is 0 Å². The smallest absolute Gasteiger partial charge is 0.335 e. The molecule has 1 aliphatic rings. The number of rotatable bonds is 4. The van der Waals surface area contributed by atoms with Gasteiger partial charge in [-0.2, -0.15) is 0 Å². The number of carbonyl (C=O) groups is 2. The third kappa shape index (κ3) is 2.70. The lowest BCUT2D eigenvalue weighted by Crippen LogP contribution is -2.28. The van der Waals surface area contributed by atoms with Crippen LogP contribution in [0.5, 0.6) is 0 Å². The van der Waals surface area contributed by atoms with Gasteiger partial charge in [0.05, 0.1) is 10.5 Å². The van der Waals surface area contributed by atoms with Crippen LogP contribution in [0.25, 0.3) is 0 Å². The number of nitrogens with one attached hydrogen (secondary N) is 1. The molecule has 7 nitrogen and oxygen atoms in total. The van der Waals surface area contributed by atoms with Crippen LogP contribution in [-0.2, 0) is 4.79 Å². The van der Waals surface area contributed by atoms with Gasteiger partial charge >= 0.3 is 5.97 Å². The molecule has 0 unspecified atom stereocenters. The lowest BCUT2D eigenvalue weighted by atomic mass is 9.85. The van der Waals surface area contributed by atoms with E-state index in [1.54, 1.807) is 0 Å². The second-order valence-corrected chi connectivity index (χ2v) is 4.41. The van der Waals surface area contributed by atoms with Crippen molar-refractivity contribution < 1.29 is 19.6 Å². The first-order valence-electron chi connectivity index (χ1n) is 5.81. The molecule has 100 valence electrons. The molecule has 0 atom stereocenters. The van der Waals surface area contributed by atoms with Crippen molar-refractivity contribution in [2.45, 2.75) is 19.3 Å². The van der Waals surface area contributed by atoms with Crippen LogP contribution in [0, 0.1) is 16.0 Å². The minimum absolute atomic E-state index is 0.0342. The van der Waals surface area contributed by atoms with Gasteiger partial charge in [0.25, 0.3) is 5.69 Å². The van der Waals surface area contributed by atoms with Crippen LogP contribution in [0.1, 0.15) is 29.6 Å². The molecule has 1 aromatic carbocycles. The number of hydrogen-bond acceptors (Lipinski definition) is 4. The Kier molecular flexibility index (Phi) is 3.46. The normalized spacial score (nSPS) is 14.5. The fraction of sp³-hybridized carbons (Fsp3) is 0.333. The molecule has 1 fully saturated rings. The molecule has 0 aromatic heterocycles. The minimum Gasteiger partial charge on any atom is -0.478 e. The van der Waals surface area contributed by atoms with Crippen molar-refractivity contribution in [2.24, 2.45) is 5.92 Å². The van der Waals surface area contributed by atoms with Crippen LogP contribution in [0.2, 0.25) is 0 Å². The molecule has 0 aliphatic heterocycles. The van der Waals surface area contributed by atoms with E-state index in [4.69, 9.17) is 5.11 Å². The van der Waals surface area contributed by atoms with Crippen LogP contribution in [-0.4, -0.2) is 21.9 Å². The average molecular weight is 264 g/mol. The van der Waals surface area contributed by atoms with E-state index in [1.165, 1.54) is 12.1 Å². The summed E-state index contributed by atoms with van der Waals surface area (Å²) in [5.74, 6) is -1.60. The predicted molar refractivity (Wildman–Crippen MR) is 66.0 cm³/mol. The third-order valence-electron chi connectivity index (χ3n) is 3.18. The minimum atomic E-state index is -1.25. The van der Waals surface area contributed by atoms with Gasteiger partial charge in [0.15, 0.2) is 0 Å². The van der Waals surface area contributed by atoms with Crippen molar-refractivity contribution in [1.29, 1.82) is 0 Å². The maximum absolute atomic E-state index is 11.7. The van der Waals surface area contributed by atoms with Crippen molar-refractivity contribution in [3.8, 4) is 0 Å². The quantitative estimate of drug-likeness (QED) is 0.638. The Hall–Kier alpha value is -2.44. The number of nitrogens with zero attached hydrogens (tertiary/aromatic N) is 1. The molecule has 0 radical (unpaired) electrons. The Labute approximate surface area is 108 Å². The molecular formula is C12H12N2O5. The highest BCUT2D eigenvalue weighted by atomic mass is 16.6. The van der Waals surface area contributed by atoms with Gasteiger partial charge < -0.3 is 10.4 Å². The molecule has 7 heteroatoms. The summed E-state index contributed by atoms with van der Waals surface area (Å²) in [6, 6.07) is 3.42. The Morgan fingerprint density at radius 2 is 2.05 bits per heavy atom. The fourth-order valence-electron chi connectivity index (χ4n) is 1.83. The second kappa shape index (κ2) is 5.05. The van der Waals surface area contributed by atoms with E-state index >= 15 is 0 Å². The number of benzene rings is 1. The standard InChI is InChI=1S/C12H12N2O5/c15-11(7-2-1-3-7)13-9-5-4-8(12(16)17)6-10(9)14(18)19/h4-7H,1-3H2,(H,13,15)(H,16,17). The zero-order valence-electron chi connectivity index (χ0n) is 9.96. The Morgan fingerprint density at radius 1 is 1.37 bits per heavy atom. The number of nitro groups is 1. The molecule has 19 heavy (non-hydrogen) atoms. The molecule has 2 rings (SSSR count). The number of hydrogen-bond donors (Lipinski definition) is 2. The summed E-state index contributed by atoms with van der Waals surface area (Å²) in [6.45, 7) is 0. The van der Waals surface area contributed by atoms with Crippen molar-refractivity contribution in [3.05, 3.63) is 33.9 Å². The first-order valence-corrected chi connectivity index (χ1v) is 5.81. The van der Waals surface area contributed by atoms with Crippen molar-refractivity contribution in [1.82, 2.24) is 0 Å². The van der Waals surface area contributed by atoms with E-state index in [2.05, 4.69) is 5.32 Å². The van der Waals surface area contributed by atoms with Crippen LogP contribution in [0.4, 0.5) is 11.4 Å².